The molecule has 0 spiro atoms. The predicted molar refractivity (Wildman–Crippen MR) is 219 cm³/mol. The van der Waals surface area contributed by atoms with Crippen LogP contribution < -0.4 is 0 Å². The Morgan fingerprint density at radius 3 is 1.65 bits per heavy atom. The van der Waals surface area contributed by atoms with E-state index in [0.717, 1.165) is 77.0 Å². The molecule has 10 heteroatoms. The Balaban J connectivity index is 2.37. The molecule has 4 N–H and O–H groups in total. The zero-order valence-electron chi connectivity index (χ0n) is 34.4. The molecule has 10 nitrogen and oxygen atoms in total. The molecule has 1 saturated heterocycles. The lowest BCUT2D eigenvalue weighted by molar-refractivity contribution is -0.305. The third kappa shape index (κ3) is 27.8. The van der Waals surface area contributed by atoms with E-state index in [2.05, 4.69) is 62.5 Å². The van der Waals surface area contributed by atoms with Gasteiger partial charge in [0.2, 0.25) is 0 Å². The first-order valence-electron chi connectivity index (χ1n) is 21.7. The number of hydrogen-bond donors (Lipinski definition) is 4. The van der Waals surface area contributed by atoms with Crippen molar-refractivity contribution in [2.75, 3.05) is 19.8 Å². The predicted octanol–water partition coefficient (Wildman–Crippen LogP) is 8.88. The van der Waals surface area contributed by atoms with Gasteiger partial charge in [0.1, 0.15) is 31.0 Å². The van der Waals surface area contributed by atoms with Crippen LogP contribution in [0.2, 0.25) is 0 Å². The van der Waals surface area contributed by atoms with Crippen molar-refractivity contribution in [1.29, 1.82) is 0 Å². The molecule has 0 saturated carbocycles. The maximum absolute atomic E-state index is 12.7. The molecular formula is C45H78O10. The van der Waals surface area contributed by atoms with Gasteiger partial charge in [-0.1, -0.05) is 133 Å². The van der Waals surface area contributed by atoms with Crippen molar-refractivity contribution in [2.24, 2.45) is 0 Å². The van der Waals surface area contributed by atoms with Gasteiger partial charge in [-0.25, -0.2) is 0 Å². The van der Waals surface area contributed by atoms with E-state index in [0.29, 0.717) is 12.8 Å². The van der Waals surface area contributed by atoms with Gasteiger partial charge >= 0.3 is 11.9 Å². The van der Waals surface area contributed by atoms with E-state index in [4.69, 9.17) is 18.9 Å². The topological polar surface area (TPSA) is 152 Å². The summed E-state index contributed by atoms with van der Waals surface area (Å²) in [6, 6.07) is 0. The van der Waals surface area contributed by atoms with E-state index in [1.165, 1.54) is 51.4 Å². The molecular weight excluding hydrogens is 700 g/mol. The largest absolute Gasteiger partial charge is 0.462 e. The quantitative estimate of drug-likeness (QED) is 0.0279. The summed E-state index contributed by atoms with van der Waals surface area (Å²) in [4.78, 5) is 25.3. The molecule has 1 rings (SSSR count). The Kier molecular flexibility index (Phi) is 33.2. The molecule has 0 amide bonds. The van der Waals surface area contributed by atoms with Crippen molar-refractivity contribution >= 4 is 11.9 Å². The average molecular weight is 779 g/mol. The zero-order chi connectivity index (χ0) is 40.2. The number of carbonyl (C=O) groups excluding carboxylic acids is 2. The smallest absolute Gasteiger partial charge is 0.306 e. The number of allylic oxidation sites excluding steroid dienone is 8. The van der Waals surface area contributed by atoms with Gasteiger partial charge in [0, 0.05) is 12.8 Å². The summed E-state index contributed by atoms with van der Waals surface area (Å²) in [7, 11) is 0. The molecule has 0 bridgehead atoms. The molecule has 6 atom stereocenters. The van der Waals surface area contributed by atoms with E-state index in [1.54, 1.807) is 0 Å². The van der Waals surface area contributed by atoms with Crippen molar-refractivity contribution in [3.63, 3.8) is 0 Å². The van der Waals surface area contributed by atoms with Crippen LogP contribution >= 0.6 is 0 Å². The van der Waals surface area contributed by atoms with Crippen LogP contribution in [0.25, 0.3) is 0 Å². The summed E-state index contributed by atoms with van der Waals surface area (Å²) in [5.74, 6) is -0.847. The first-order chi connectivity index (χ1) is 26.8. The van der Waals surface area contributed by atoms with Crippen molar-refractivity contribution in [3.05, 3.63) is 48.6 Å². The highest BCUT2D eigenvalue weighted by Crippen LogP contribution is 2.22. The summed E-state index contributed by atoms with van der Waals surface area (Å²) >= 11 is 0. The van der Waals surface area contributed by atoms with Gasteiger partial charge in [-0.3, -0.25) is 9.59 Å². The van der Waals surface area contributed by atoms with Gasteiger partial charge in [0.05, 0.1) is 13.2 Å². The van der Waals surface area contributed by atoms with Crippen LogP contribution in [-0.4, -0.2) is 89.0 Å². The molecule has 1 aliphatic heterocycles. The summed E-state index contributed by atoms with van der Waals surface area (Å²) in [5.41, 5.74) is 0. The molecule has 1 heterocycles. The summed E-state index contributed by atoms with van der Waals surface area (Å²) in [5, 5.41) is 40.0. The number of ether oxygens (including phenoxy) is 4. The minimum absolute atomic E-state index is 0.205. The maximum atomic E-state index is 12.7. The number of aliphatic hydroxyl groups excluding tert-OH is 4. The van der Waals surface area contributed by atoms with Crippen molar-refractivity contribution < 1.29 is 49.0 Å². The van der Waals surface area contributed by atoms with Crippen molar-refractivity contribution in [3.8, 4) is 0 Å². The first-order valence-corrected chi connectivity index (χ1v) is 21.7. The number of hydrogen-bond acceptors (Lipinski definition) is 10. The van der Waals surface area contributed by atoms with Crippen LogP contribution in [0, 0.1) is 0 Å². The number of aliphatic hydroxyl groups is 4. The van der Waals surface area contributed by atoms with E-state index in [-0.39, 0.29) is 26.1 Å². The third-order valence-corrected chi connectivity index (χ3v) is 9.70. The van der Waals surface area contributed by atoms with E-state index in [1.807, 2.05) is 0 Å². The second kappa shape index (κ2) is 36.0. The Morgan fingerprint density at radius 2 is 1.07 bits per heavy atom. The first kappa shape index (κ1) is 50.7. The number of esters is 2. The van der Waals surface area contributed by atoms with Crippen LogP contribution in [0.1, 0.15) is 168 Å². The Hall–Kier alpha value is -2.34. The average Bonchev–Trinajstić information content (AvgIpc) is 3.18. The number of rotatable bonds is 35. The Morgan fingerprint density at radius 1 is 0.582 bits per heavy atom. The molecule has 1 aliphatic rings. The van der Waals surface area contributed by atoms with Crippen LogP contribution in [0.15, 0.2) is 48.6 Å². The zero-order valence-corrected chi connectivity index (χ0v) is 34.4. The van der Waals surface area contributed by atoms with Gasteiger partial charge in [0.25, 0.3) is 0 Å². The number of carbonyl (C=O) groups is 2. The standard InChI is InChI=1S/C45H78O10/c1-3-5-7-9-11-13-15-17-19-21-23-25-27-29-31-33-40(47)52-36-38(37-53-45-44(51)43(50)42(49)39(35-46)55-45)54-41(48)34-32-30-28-26-24-22-20-18-16-14-12-10-8-6-4-2/h5,7,11,13,17,19,22,24,38-39,42-46,49-51H,3-4,6,8-10,12,14-16,18,20-21,23,25-37H2,1-2H3/b7-5+,13-11+,19-17+,24-22+/t38-,39-,42+,43?,44?,45-/m0/s1. The fourth-order valence-electron chi connectivity index (χ4n) is 6.25. The third-order valence-electron chi connectivity index (χ3n) is 9.70. The Labute approximate surface area is 333 Å². The molecule has 1 fully saturated rings. The second-order valence-corrected chi connectivity index (χ2v) is 14.8. The molecule has 55 heavy (non-hydrogen) atoms. The summed E-state index contributed by atoms with van der Waals surface area (Å²) in [6.45, 7) is 3.27. The molecule has 0 aromatic heterocycles. The Bertz CT molecular complexity index is 1040. The molecule has 0 aromatic rings. The lowest BCUT2D eigenvalue weighted by Crippen LogP contribution is -2.59. The summed E-state index contributed by atoms with van der Waals surface area (Å²) < 4.78 is 22.1. The molecule has 0 aliphatic carbocycles. The lowest BCUT2D eigenvalue weighted by atomic mass is 9.99. The fourth-order valence-corrected chi connectivity index (χ4v) is 6.25. The molecule has 318 valence electrons. The van der Waals surface area contributed by atoms with E-state index >= 15 is 0 Å². The van der Waals surface area contributed by atoms with Crippen molar-refractivity contribution in [2.45, 2.75) is 205 Å². The minimum Gasteiger partial charge on any atom is -0.462 e. The van der Waals surface area contributed by atoms with E-state index in [9.17, 15) is 30.0 Å². The van der Waals surface area contributed by atoms with Crippen LogP contribution in [0.4, 0.5) is 0 Å². The fraction of sp³-hybridized carbons (Fsp3) is 0.778. The molecule has 0 aromatic carbocycles. The SMILES string of the molecule is CC/C=C/C/C=C/C/C=C/CCCCCCCC(=O)OC[C@@H](CO[C@H]1O[C@@H](CO)[C@@H](O)C(O)C1O)OC(=O)CCCCC/C=C/CCCCCCCCCC. The van der Waals surface area contributed by atoms with Crippen LogP contribution in [0.3, 0.4) is 0 Å². The molecule has 2 unspecified atom stereocenters. The van der Waals surface area contributed by atoms with Gasteiger partial charge in [-0.2, -0.15) is 0 Å². The monoisotopic (exact) mass is 779 g/mol. The summed E-state index contributed by atoms with van der Waals surface area (Å²) in [6.07, 6.45) is 34.0. The second-order valence-electron chi connectivity index (χ2n) is 14.8. The van der Waals surface area contributed by atoms with Crippen molar-refractivity contribution in [1.82, 2.24) is 0 Å². The van der Waals surface area contributed by atoms with E-state index < -0.39 is 55.4 Å². The maximum Gasteiger partial charge on any atom is 0.306 e. The highest BCUT2D eigenvalue weighted by molar-refractivity contribution is 5.70. The van der Waals surface area contributed by atoms with Crippen LogP contribution in [0.5, 0.6) is 0 Å². The molecule has 0 radical (unpaired) electrons. The van der Waals surface area contributed by atoms with Gasteiger partial charge in [0.15, 0.2) is 12.4 Å². The normalized spacial score (nSPS) is 21.0. The highest BCUT2D eigenvalue weighted by atomic mass is 16.7. The minimum atomic E-state index is -1.60. The van der Waals surface area contributed by atoms with Gasteiger partial charge in [-0.15, -0.1) is 0 Å². The highest BCUT2D eigenvalue weighted by Gasteiger charge is 2.44. The van der Waals surface area contributed by atoms with Gasteiger partial charge in [-0.05, 0) is 70.6 Å². The lowest BCUT2D eigenvalue weighted by Gasteiger charge is -2.39. The van der Waals surface area contributed by atoms with Gasteiger partial charge < -0.3 is 39.4 Å². The number of unbranched alkanes of at least 4 members (excludes halogenated alkanes) is 16. The van der Waals surface area contributed by atoms with Crippen LogP contribution in [-0.2, 0) is 28.5 Å².